The van der Waals surface area contributed by atoms with Crippen molar-refractivity contribution in [3.05, 3.63) is 51.9 Å². The van der Waals surface area contributed by atoms with Crippen LogP contribution in [0.15, 0.2) is 40.8 Å². The number of hydrogen-bond donors (Lipinski definition) is 1. The van der Waals surface area contributed by atoms with Crippen molar-refractivity contribution < 1.29 is 13.2 Å². The minimum Gasteiger partial charge on any atom is -0.298 e. The van der Waals surface area contributed by atoms with E-state index in [1.165, 1.54) is 22.2 Å². The molecule has 0 unspecified atom stereocenters. The number of aromatic nitrogens is 2. The number of nitrogens with one attached hydrogen (secondary N) is 1. The summed E-state index contributed by atoms with van der Waals surface area (Å²) in [6.07, 6.45) is 2.15. The second-order valence-electron chi connectivity index (χ2n) is 5.99. The van der Waals surface area contributed by atoms with Gasteiger partial charge in [-0.3, -0.25) is 18.9 Å². The highest BCUT2D eigenvalue weighted by Crippen LogP contribution is 2.30. The summed E-state index contributed by atoms with van der Waals surface area (Å²) in [5.74, 6) is -0.663. The lowest BCUT2D eigenvalue weighted by Gasteiger charge is -2.06. The molecule has 136 valence electrons. The molecule has 0 fully saturated rings. The molecule has 3 rings (SSSR count). The Hall–Kier alpha value is -2.52. The second kappa shape index (κ2) is 7.00. The van der Waals surface area contributed by atoms with Crippen molar-refractivity contribution in [2.45, 2.75) is 19.9 Å². The van der Waals surface area contributed by atoms with E-state index in [0.29, 0.717) is 10.2 Å². The van der Waals surface area contributed by atoms with Crippen LogP contribution >= 0.6 is 11.3 Å². The SMILES string of the molecule is Cc1ccc(-c2csc3ncn(CCC(=O)NS(C)(=O)=O)c(=O)c23)cc1. The third kappa shape index (κ3) is 4.00. The number of hydrogen-bond acceptors (Lipinski definition) is 6. The lowest BCUT2D eigenvalue weighted by molar-refractivity contribution is -0.119. The van der Waals surface area contributed by atoms with Gasteiger partial charge in [0.15, 0.2) is 0 Å². The Morgan fingerprint density at radius 1 is 1.27 bits per heavy atom. The number of amides is 1. The zero-order valence-corrected chi connectivity index (χ0v) is 15.9. The Morgan fingerprint density at radius 3 is 2.62 bits per heavy atom. The van der Waals surface area contributed by atoms with Gasteiger partial charge in [0.2, 0.25) is 15.9 Å². The normalized spacial score (nSPS) is 11.6. The monoisotopic (exact) mass is 391 g/mol. The van der Waals surface area contributed by atoms with Crippen LogP contribution in [-0.2, 0) is 21.4 Å². The van der Waals surface area contributed by atoms with Crippen LogP contribution in [0.5, 0.6) is 0 Å². The van der Waals surface area contributed by atoms with Crippen molar-refractivity contribution in [1.29, 1.82) is 0 Å². The molecule has 0 aliphatic carbocycles. The van der Waals surface area contributed by atoms with Crippen molar-refractivity contribution in [3.63, 3.8) is 0 Å². The number of fused-ring (bicyclic) bond motifs is 1. The predicted molar refractivity (Wildman–Crippen MR) is 102 cm³/mol. The molecule has 2 aromatic heterocycles. The summed E-state index contributed by atoms with van der Waals surface area (Å²) in [5, 5.41) is 2.40. The number of carbonyl (C=O) groups excluding carboxylic acids is 1. The molecule has 2 heterocycles. The molecule has 1 amide bonds. The fourth-order valence-corrected chi connectivity index (χ4v) is 3.97. The van der Waals surface area contributed by atoms with E-state index in [1.807, 2.05) is 41.3 Å². The van der Waals surface area contributed by atoms with Crippen molar-refractivity contribution >= 4 is 37.5 Å². The zero-order valence-electron chi connectivity index (χ0n) is 14.2. The third-order valence-electron chi connectivity index (χ3n) is 3.80. The first-order valence-electron chi connectivity index (χ1n) is 7.79. The minimum atomic E-state index is -3.61. The highest BCUT2D eigenvalue weighted by Gasteiger charge is 2.14. The number of aryl methyl sites for hydroxylation is 2. The molecule has 0 radical (unpaired) electrons. The molecule has 0 saturated carbocycles. The van der Waals surface area contributed by atoms with E-state index in [4.69, 9.17) is 0 Å². The molecule has 0 bridgehead atoms. The van der Waals surface area contributed by atoms with Crippen molar-refractivity contribution in [2.75, 3.05) is 6.26 Å². The largest absolute Gasteiger partial charge is 0.298 e. The molecule has 0 aliphatic heterocycles. The number of thiophene rings is 1. The van der Waals surface area contributed by atoms with Gasteiger partial charge in [-0.15, -0.1) is 11.3 Å². The van der Waals surface area contributed by atoms with Crippen LogP contribution in [-0.4, -0.2) is 30.1 Å². The fraction of sp³-hybridized carbons (Fsp3) is 0.235. The highest BCUT2D eigenvalue weighted by molar-refractivity contribution is 7.89. The maximum Gasteiger partial charge on any atom is 0.262 e. The summed E-state index contributed by atoms with van der Waals surface area (Å²) in [6.45, 7) is 2.04. The van der Waals surface area contributed by atoms with Gasteiger partial charge >= 0.3 is 0 Å². The number of nitrogens with zero attached hydrogens (tertiary/aromatic N) is 2. The van der Waals surface area contributed by atoms with Gasteiger partial charge < -0.3 is 0 Å². The second-order valence-corrected chi connectivity index (χ2v) is 8.59. The van der Waals surface area contributed by atoms with E-state index in [1.54, 1.807) is 0 Å². The van der Waals surface area contributed by atoms with Gasteiger partial charge in [-0.25, -0.2) is 13.4 Å². The molecule has 0 spiro atoms. The molecule has 26 heavy (non-hydrogen) atoms. The molecular weight excluding hydrogens is 374 g/mol. The van der Waals surface area contributed by atoms with Crippen LogP contribution in [0.3, 0.4) is 0 Å². The molecule has 0 saturated heterocycles. The summed E-state index contributed by atoms with van der Waals surface area (Å²) >= 11 is 1.39. The predicted octanol–water partition coefficient (Wildman–Crippen LogP) is 1.90. The average Bonchev–Trinajstić information content (AvgIpc) is 2.98. The molecule has 0 atom stereocenters. The van der Waals surface area contributed by atoms with Crippen molar-refractivity contribution in [3.8, 4) is 11.1 Å². The van der Waals surface area contributed by atoms with Crippen LogP contribution < -0.4 is 10.3 Å². The molecule has 1 N–H and O–H groups in total. The van der Waals surface area contributed by atoms with E-state index in [2.05, 4.69) is 4.98 Å². The lowest BCUT2D eigenvalue weighted by atomic mass is 10.1. The van der Waals surface area contributed by atoms with Crippen LogP contribution in [0.25, 0.3) is 21.3 Å². The van der Waals surface area contributed by atoms with Gasteiger partial charge in [-0.2, -0.15) is 0 Å². The van der Waals surface area contributed by atoms with Gasteiger partial charge in [0, 0.05) is 23.9 Å². The highest BCUT2D eigenvalue weighted by atomic mass is 32.2. The van der Waals surface area contributed by atoms with E-state index in [0.717, 1.165) is 22.9 Å². The van der Waals surface area contributed by atoms with Gasteiger partial charge in [0.05, 0.1) is 18.0 Å². The van der Waals surface area contributed by atoms with Gasteiger partial charge in [-0.05, 0) is 12.5 Å². The van der Waals surface area contributed by atoms with E-state index in [9.17, 15) is 18.0 Å². The van der Waals surface area contributed by atoms with E-state index >= 15 is 0 Å². The first kappa shape index (κ1) is 18.3. The number of sulfonamides is 1. The molecular formula is C17H17N3O4S2. The Balaban J connectivity index is 1.93. The van der Waals surface area contributed by atoms with E-state index < -0.39 is 15.9 Å². The van der Waals surface area contributed by atoms with Crippen LogP contribution in [0.2, 0.25) is 0 Å². The molecule has 7 nitrogen and oxygen atoms in total. The van der Waals surface area contributed by atoms with Crippen molar-refractivity contribution in [2.24, 2.45) is 0 Å². The van der Waals surface area contributed by atoms with Gasteiger partial charge in [0.1, 0.15) is 4.83 Å². The minimum absolute atomic E-state index is 0.0479. The first-order chi connectivity index (χ1) is 12.2. The van der Waals surface area contributed by atoms with Gasteiger partial charge in [0.25, 0.3) is 5.56 Å². The first-order valence-corrected chi connectivity index (χ1v) is 10.6. The Morgan fingerprint density at radius 2 is 1.96 bits per heavy atom. The standard InChI is InChI=1S/C17H17N3O4S2/c1-11-3-5-12(6-4-11)13-9-25-16-15(13)17(22)20(10-18-16)8-7-14(21)19-26(2,23)24/h3-6,9-10H,7-8H2,1-2H3,(H,19,21). The summed E-state index contributed by atoms with van der Waals surface area (Å²) in [4.78, 5) is 29.4. The zero-order chi connectivity index (χ0) is 18.9. The average molecular weight is 391 g/mol. The Labute approximate surface area is 154 Å². The number of carbonyl (C=O) groups is 1. The topological polar surface area (TPSA) is 98.1 Å². The summed E-state index contributed by atoms with van der Waals surface area (Å²) in [6, 6.07) is 7.85. The lowest BCUT2D eigenvalue weighted by Crippen LogP contribution is -2.31. The van der Waals surface area contributed by atoms with Gasteiger partial charge in [-0.1, -0.05) is 29.8 Å². The summed E-state index contributed by atoms with van der Waals surface area (Å²) < 4.78 is 25.4. The molecule has 0 aliphatic rings. The van der Waals surface area contributed by atoms with E-state index in [-0.39, 0.29) is 18.5 Å². The summed E-state index contributed by atoms with van der Waals surface area (Å²) in [5.41, 5.74) is 2.60. The Bertz CT molecular complexity index is 1130. The molecule has 1 aromatic carbocycles. The molecule has 3 aromatic rings. The van der Waals surface area contributed by atoms with Crippen LogP contribution in [0.4, 0.5) is 0 Å². The number of benzene rings is 1. The van der Waals surface area contributed by atoms with Crippen LogP contribution in [0.1, 0.15) is 12.0 Å². The maximum atomic E-state index is 12.8. The quantitative estimate of drug-likeness (QED) is 0.716. The fourth-order valence-electron chi connectivity index (χ4n) is 2.55. The molecule has 9 heteroatoms. The smallest absolute Gasteiger partial charge is 0.262 e. The summed E-state index contributed by atoms with van der Waals surface area (Å²) in [7, 11) is -3.61. The maximum absolute atomic E-state index is 12.8. The number of rotatable bonds is 5. The van der Waals surface area contributed by atoms with Crippen LogP contribution in [0, 0.1) is 6.92 Å². The Kier molecular flexibility index (Phi) is 4.92. The third-order valence-corrected chi connectivity index (χ3v) is 5.29. The van der Waals surface area contributed by atoms with Crippen molar-refractivity contribution in [1.82, 2.24) is 14.3 Å².